The standard InChI is InChI=1S/C15H24O2/c1-3-14(2,17-10-16)15-7-11-4-12(8-15)6-13(5-11)9-15/h10-13H,3-9H2,1-2H3. The molecular formula is C15H24O2. The Morgan fingerprint density at radius 2 is 1.65 bits per heavy atom. The second-order valence-electron chi connectivity index (χ2n) is 7.00. The molecule has 0 aliphatic heterocycles. The maximum atomic E-state index is 10.9. The summed E-state index contributed by atoms with van der Waals surface area (Å²) < 4.78 is 5.58. The van der Waals surface area contributed by atoms with Crippen molar-refractivity contribution in [1.82, 2.24) is 0 Å². The molecule has 0 aromatic heterocycles. The summed E-state index contributed by atoms with van der Waals surface area (Å²) in [6.45, 7) is 5.03. The molecule has 1 unspecified atom stereocenters. The van der Waals surface area contributed by atoms with Crippen molar-refractivity contribution in [2.75, 3.05) is 0 Å². The molecule has 0 N–H and O–H groups in total. The summed E-state index contributed by atoms with van der Waals surface area (Å²) in [5.74, 6) is 2.76. The molecule has 0 amide bonds. The number of ether oxygens (including phenoxy) is 1. The van der Waals surface area contributed by atoms with Gasteiger partial charge in [-0.2, -0.15) is 0 Å². The van der Waals surface area contributed by atoms with E-state index in [0.29, 0.717) is 11.9 Å². The minimum Gasteiger partial charge on any atom is -0.461 e. The molecule has 2 nitrogen and oxygen atoms in total. The summed E-state index contributed by atoms with van der Waals surface area (Å²) in [5, 5.41) is 0. The Kier molecular flexibility index (Phi) is 2.53. The van der Waals surface area contributed by atoms with Crippen molar-refractivity contribution in [1.29, 1.82) is 0 Å². The zero-order valence-corrected chi connectivity index (χ0v) is 11.1. The molecule has 2 heteroatoms. The predicted molar refractivity (Wildman–Crippen MR) is 66.5 cm³/mol. The van der Waals surface area contributed by atoms with Gasteiger partial charge in [0, 0.05) is 5.41 Å². The van der Waals surface area contributed by atoms with E-state index >= 15 is 0 Å². The van der Waals surface area contributed by atoms with Gasteiger partial charge in [-0.3, -0.25) is 4.79 Å². The van der Waals surface area contributed by atoms with Gasteiger partial charge in [0.05, 0.1) is 0 Å². The van der Waals surface area contributed by atoms with Crippen LogP contribution in [0.15, 0.2) is 0 Å². The summed E-state index contributed by atoms with van der Waals surface area (Å²) >= 11 is 0. The highest BCUT2D eigenvalue weighted by atomic mass is 16.5. The first-order valence-electron chi connectivity index (χ1n) is 7.22. The van der Waals surface area contributed by atoms with E-state index in [1.807, 2.05) is 0 Å². The normalized spacial score (nSPS) is 46.6. The zero-order valence-electron chi connectivity index (χ0n) is 11.1. The molecule has 0 saturated heterocycles. The van der Waals surface area contributed by atoms with Crippen molar-refractivity contribution in [2.45, 2.75) is 64.4 Å². The van der Waals surface area contributed by atoms with Gasteiger partial charge in [-0.25, -0.2) is 0 Å². The topological polar surface area (TPSA) is 26.3 Å². The third-order valence-electron chi connectivity index (χ3n) is 6.14. The minimum atomic E-state index is -0.217. The molecule has 4 saturated carbocycles. The van der Waals surface area contributed by atoms with Gasteiger partial charge in [-0.15, -0.1) is 0 Å². The quantitative estimate of drug-likeness (QED) is 0.698. The van der Waals surface area contributed by atoms with Crippen LogP contribution in [0.2, 0.25) is 0 Å². The van der Waals surface area contributed by atoms with Crippen molar-refractivity contribution in [3.63, 3.8) is 0 Å². The Hall–Kier alpha value is -0.530. The molecule has 17 heavy (non-hydrogen) atoms. The predicted octanol–water partition coefficient (Wildman–Crippen LogP) is 3.54. The van der Waals surface area contributed by atoms with Gasteiger partial charge in [0.2, 0.25) is 0 Å². The maximum absolute atomic E-state index is 10.9. The lowest BCUT2D eigenvalue weighted by molar-refractivity contribution is -0.194. The van der Waals surface area contributed by atoms with E-state index < -0.39 is 0 Å². The molecule has 4 fully saturated rings. The fourth-order valence-corrected chi connectivity index (χ4v) is 5.45. The lowest BCUT2D eigenvalue weighted by atomic mass is 9.45. The summed E-state index contributed by atoms with van der Waals surface area (Å²) in [5.41, 5.74) is 0.0855. The second-order valence-corrected chi connectivity index (χ2v) is 7.00. The highest BCUT2D eigenvalue weighted by molar-refractivity contribution is 5.39. The van der Waals surface area contributed by atoms with Gasteiger partial charge < -0.3 is 4.74 Å². The van der Waals surface area contributed by atoms with E-state index in [4.69, 9.17) is 4.74 Å². The van der Waals surface area contributed by atoms with Crippen LogP contribution in [0.5, 0.6) is 0 Å². The Balaban J connectivity index is 1.92. The largest absolute Gasteiger partial charge is 0.461 e. The van der Waals surface area contributed by atoms with Gasteiger partial charge in [0.15, 0.2) is 0 Å². The molecule has 4 bridgehead atoms. The fraction of sp³-hybridized carbons (Fsp3) is 0.933. The molecule has 0 aromatic carbocycles. The lowest BCUT2D eigenvalue weighted by Gasteiger charge is -2.62. The molecule has 96 valence electrons. The third-order valence-corrected chi connectivity index (χ3v) is 6.14. The van der Waals surface area contributed by atoms with Crippen LogP contribution in [-0.4, -0.2) is 12.1 Å². The zero-order chi connectivity index (χ0) is 12.1. The van der Waals surface area contributed by atoms with Gasteiger partial charge in [0.1, 0.15) is 5.60 Å². The SMILES string of the molecule is CCC(C)(OC=O)C12CC3CC(CC(C3)C1)C2. The van der Waals surface area contributed by atoms with Crippen LogP contribution >= 0.6 is 0 Å². The Labute approximate surface area is 104 Å². The number of hydrogen-bond acceptors (Lipinski definition) is 2. The van der Waals surface area contributed by atoms with Crippen LogP contribution < -0.4 is 0 Å². The van der Waals surface area contributed by atoms with Crippen molar-refractivity contribution >= 4 is 6.47 Å². The van der Waals surface area contributed by atoms with Crippen LogP contribution in [0.1, 0.15) is 58.8 Å². The molecule has 1 atom stereocenters. The van der Waals surface area contributed by atoms with Crippen LogP contribution in [0.4, 0.5) is 0 Å². The van der Waals surface area contributed by atoms with Crippen molar-refractivity contribution in [3.05, 3.63) is 0 Å². The summed E-state index contributed by atoms with van der Waals surface area (Å²) in [7, 11) is 0. The molecular weight excluding hydrogens is 212 g/mol. The summed E-state index contributed by atoms with van der Waals surface area (Å²) in [4.78, 5) is 10.9. The van der Waals surface area contributed by atoms with E-state index in [1.165, 1.54) is 38.5 Å². The average Bonchev–Trinajstić information content (AvgIpc) is 2.27. The molecule has 4 aliphatic carbocycles. The first-order valence-corrected chi connectivity index (χ1v) is 7.22. The monoisotopic (exact) mass is 236 g/mol. The fourth-order valence-electron chi connectivity index (χ4n) is 5.45. The molecule has 4 aliphatic rings. The van der Waals surface area contributed by atoms with E-state index in [9.17, 15) is 4.79 Å². The minimum absolute atomic E-state index is 0.217. The average molecular weight is 236 g/mol. The van der Waals surface area contributed by atoms with E-state index in [2.05, 4.69) is 13.8 Å². The van der Waals surface area contributed by atoms with E-state index in [-0.39, 0.29) is 5.60 Å². The lowest BCUT2D eigenvalue weighted by Crippen LogP contribution is -2.57. The summed E-state index contributed by atoms with van der Waals surface area (Å²) in [6, 6.07) is 0. The Morgan fingerprint density at radius 3 is 2.00 bits per heavy atom. The number of hydrogen-bond donors (Lipinski definition) is 0. The van der Waals surface area contributed by atoms with Gasteiger partial charge in [-0.1, -0.05) is 6.92 Å². The maximum Gasteiger partial charge on any atom is 0.293 e. The van der Waals surface area contributed by atoms with Crippen molar-refractivity contribution in [3.8, 4) is 0 Å². The second kappa shape index (κ2) is 3.73. The van der Waals surface area contributed by atoms with E-state index in [1.54, 1.807) is 0 Å². The molecule has 0 aromatic rings. The van der Waals surface area contributed by atoms with E-state index in [0.717, 1.165) is 24.2 Å². The Bertz CT molecular complexity index is 288. The van der Waals surface area contributed by atoms with Gasteiger partial charge in [-0.05, 0) is 69.6 Å². The first kappa shape index (κ1) is 11.6. The number of carbonyl (C=O) groups is 1. The number of carbonyl (C=O) groups excluding carboxylic acids is 1. The highest BCUT2D eigenvalue weighted by Gasteiger charge is 2.59. The highest BCUT2D eigenvalue weighted by Crippen LogP contribution is 2.64. The molecule has 0 spiro atoms. The summed E-state index contributed by atoms with van der Waals surface area (Å²) in [6.07, 6.45) is 9.20. The van der Waals surface area contributed by atoms with Crippen molar-refractivity contribution < 1.29 is 9.53 Å². The van der Waals surface area contributed by atoms with Crippen molar-refractivity contribution in [2.24, 2.45) is 23.2 Å². The number of rotatable bonds is 4. The Morgan fingerprint density at radius 1 is 1.18 bits per heavy atom. The van der Waals surface area contributed by atoms with Gasteiger partial charge >= 0.3 is 0 Å². The molecule has 0 radical (unpaired) electrons. The molecule has 0 heterocycles. The molecule has 4 rings (SSSR count). The smallest absolute Gasteiger partial charge is 0.293 e. The van der Waals surface area contributed by atoms with Crippen LogP contribution in [0.25, 0.3) is 0 Å². The van der Waals surface area contributed by atoms with Gasteiger partial charge in [0.25, 0.3) is 6.47 Å². The first-order chi connectivity index (χ1) is 8.11. The third kappa shape index (κ3) is 1.56. The van der Waals surface area contributed by atoms with Crippen LogP contribution in [0.3, 0.4) is 0 Å². The van der Waals surface area contributed by atoms with Crippen LogP contribution in [0, 0.1) is 23.2 Å². The van der Waals surface area contributed by atoms with Crippen LogP contribution in [-0.2, 0) is 9.53 Å².